The molecule has 8 N–H and O–H groups in total. The van der Waals surface area contributed by atoms with E-state index < -0.39 is 91.3 Å². The number of rotatable bonds is 42. The molecule has 0 aliphatic heterocycles. The zero-order chi connectivity index (χ0) is 49.4. The maximum absolute atomic E-state index is 13.1. The molecule has 390 valence electrons. The van der Waals surface area contributed by atoms with Gasteiger partial charge in [-0.1, -0.05) is 149 Å². The number of ketones is 1. The standard InChI is InChI=1S/C43H83O20P3/c1-3-5-6-7-8-9-10-11-14-18-21-24-27-31-37(46)60-35(32-58-36(45)30-26-23-20-17-15-12-13-16-19-22-25-29-34(44)28-4-2)33-59-66(56,57)63-41-38(47)39(48)42(61-64(50,51)52)43(40(41)49)62-65(53,54)55/h35,38-43,47-49H,3-33H2,1-2H3,(H,56,57)(H2,50,51,52)(H2,53,54,55)/t35-,38-,39+,40?,41?,42?,43-/m1/s1. The largest absolute Gasteiger partial charge is 0.472 e. The number of aliphatic hydroxyl groups excluding tert-OH is 3. The summed E-state index contributed by atoms with van der Waals surface area (Å²) in [7, 11) is -16.6. The minimum Gasteiger partial charge on any atom is -0.462 e. The molecule has 8 atom stereocenters. The summed E-state index contributed by atoms with van der Waals surface area (Å²) in [5, 5.41) is 31.9. The van der Waals surface area contributed by atoms with Crippen LogP contribution in [0.5, 0.6) is 0 Å². The van der Waals surface area contributed by atoms with Crippen molar-refractivity contribution in [1.82, 2.24) is 0 Å². The smallest absolute Gasteiger partial charge is 0.462 e. The topological polar surface area (TPSA) is 320 Å². The number of esters is 2. The van der Waals surface area contributed by atoms with Gasteiger partial charge in [0.05, 0.1) is 6.61 Å². The van der Waals surface area contributed by atoms with Crippen molar-refractivity contribution < 1.29 is 95.4 Å². The first kappa shape index (κ1) is 62.8. The van der Waals surface area contributed by atoms with Gasteiger partial charge in [-0.25, -0.2) is 13.7 Å². The average Bonchev–Trinajstić information content (AvgIpc) is 3.23. The number of aliphatic hydroxyl groups is 3. The van der Waals surface area contributed by atoms with Crippen LogP contribution < -0.4 is 0 Å². The predicted molar refractivity (Wildman–Crippen MR) is 244 cm³/mol. The number of phosphoric acid groups is 3. The third kappa shape index (κ3) is 31.9. The summed E-state index contributed by atoms with van der Waals surface area (Å²) < 4.78 is 65.4. The fourth-order valence-corrected chi connectivity index (χ4v) is 9.80. The van der Waals surface area contributed by atoms with Crippen LogP contribution in [-0.2, 0) is 55.6 Å². The first-order chi connectivity index (χ1) is 31.2. The van der Waals surface area contributed by atoms with Gasteiger partial charge < -0.3 is 49.3 Å². The van der Waals surface area contributed by atoms with Gasteiger partial charge in [0.2, 0.25) is 0 Å². The van der Waals surface area contributed by atoms with Gasteiger partial charge in [0.1, 0.15) is 49.0 Å². The molecule has 0 heterocycles. The van der Waals surface area contributed by atoms with Gasteiger partial charge in [-0.05, 0) is 25.7 Å². The monoisotopic (exact) mass is 1010 g/mol. The Hall–Kier alpha value is -1.18. The molecule has 1 aliphatic rings. The number of carbonyl (C=O) groups excluding carboxylic acids is 3. The number of ether oxygens (including phenoxy) is 2. The zero-order valence-electron chi connectivity index (χ0n) is 39.3. The summed E-state index contributed by atoms with van der Waals surface area (Å²) in [6.45, 7) is 2.71. The van der Waals surface area contributed by atoms with E-state index in [1.54, 1.807) is 0 Å². The Labute approximate surface area is 391 Å². The van der Waals surface area contributed by atoms with Crippen molar-refractivity contribution in [2.45, 2.75) is 243 Å². The summed E-state index contributed by atoms with van der Waals surface area (Å²) in [4.78, 5) is 84.8. The van der Waals surface area contributed by atoms with E-state index in [-0.39, 0.29) is 12.8 Å². The molecule has 0 saturated heterocycles. The third-order valence-corrected chi connectivity index (χ3v) is 13.3. The van der Waals surface area contributed by atoms with E-state index >= 15 is 0 Å². The second-order valence-corrected chi connectivity index (χ2v) is 21.2. The molecule has 0 spiro atoms. The Kier molecular flexibility index (Phi) is 34.1. The van der Waals surface area contributed by atoms with E-state index in [4.69, 9.17) is 18.5 Å². The average molecular weight is 1010 g/mol. The van der Waals surface area contributed by atoms with Crippen LogP contribution in [0.4, 0.5) is 0 Å². The lowest BCUT2D eigenvalue weighted by molar-refractivity contribution is -0.213. The van der Waals surface area contributed by atoms with E-state index in [1.807, 2.05) is 6.92 Å². The molecule has 23 heteroatoms. The lowest BCUT2D eigenvalue weighted by Crippen LogP contribution is -2.65. The Morgan fingerprint density at radius 2 is 0.818 bits per heavy atom. The van der Waals surface area contributed by atoms with Crippen LogP contribution in [0.1, 0.15) is 200 Å². The predicted octanol–water partition coefficient (Wildman–Crippen LogP) is 7.92. The molecule has 1 fully saturated rings. The van der Waals surface area contributed by atoms with Crippen molar-refractivity contribution in [2.75, 3.05) is 13.2 Å². The molecule has 0 aromatic heterocycles. The second kappa shape index (κ2) is 35.8. The lowest BCUT2D eigenvalue weighted by atomic mass is 9.85. The number of unbranched alkanes of at least 4 members (excludes halogenated alkanes) is 22. The van der Waals surface area contributed by atoms with Gasteiger partial charge in [0, 0.05) is 25.7 Å². The van der Waals surface area contributed by atoms with Crippen molar-refractivity contribution in [2.24, 2.45) is 0 Å². The number of carbonyl (C=O) groups is 3. The second-order valence-electron chi connectivity index (χ2n) is 17.4. The van der Waals surface area contributed by atoms with Crippen LogP contribution in [0, 0.1) is 0 Å². The summed E-state index contributed by atoms with van der Waals surface area (Å²) in [6.07, 6.45) is 11.1. The fraction of sp³-hybridized carbons (Fsp3) is 0.930. The molecule has 0 bridgehead atoms. The van der Waals surface area contributed by atoms with Crippen LogP contribution in [0.3, 0.4) is 0 Å². The summed E-state index contributed by atoms with van der Waals surface area (Å²) in [5.74, 6) is -0.969. The van der Waals surface area contributed by atoms with Crippen molar-refractivity contribution in [3.05, 3.63) is 0 Å². The Morgan fingerprint density at radius 3 is 1.24 bits per heavy atom. The van der Waals surface area contributed by atoms with Crippen molar-refractivity contribution in [3.63, 3.8) is 0 Å². The minimum absolute atomic E-state index is 0.00601. The number of hydrogen-bond acceptors (Lipinski definition) is 15. The molecule has 0 radical (unpaired) electrons. The molecular formula is C43H83O20P3. The van der Waals surface area contributed by atoms with E-state index in [1.165, 1.54) is 44.9 Å². The molecule has 1 saturated carbocycles. The fourth-order valence-electron chi connectivity index (χ4n) is 7.71. The van der Waals surface area contributed by atoms with E-state index in [9.17, 15) is 67.9 Å². The summed E-state index contributed by atoms with van der Waals surface area (Å²) >= 11 is 0. The first-order valence-corrected chi connectivity index (χ1v) is 28.8. The van der Waals surface area contributed by atoms with Crippen LogP contribution in [-0.4, -0.2) is 113 Å². The van der Waals surface area contributed by atoms with Crippen molar-refractivity contribution in [1.29, 1.82) is 0 Å². The zero-order valence-corrected chi connectivity index (χ0v) is 42.0. The molecular weight excluding hydrogens is 929 g/mol. The van der Waals surface area contributed by atoms with Gasteiger partial charge in [0.25, 0.3) is 0 Å². The Morgan fingerprint density at radius 1 is 0.439 bits per heavy atom. The highest BCUT2D eigenvalue weighted by Gasteiger charge is 2.56. The van der Waals surface area contributed by atoms with Gasteiger partial charge in [-0.2, -0.15) is 0 Å². The van der Waals surface area contributed by atoms with Gasteiger partial charge in [0.15, 0.2) is 6.10 Å². The van der Waals surface area contributed by atoms with E-state index in [2.05, 4.69) is 16.0 Å². The van der Waals surface area contributed by atoms with Gasteiger partial charge >= 0.3 is 35.4 Å². The minimum atomic E-state index is -5.60. The summed E-state index contributed by atoms with van der Waals surface area (Å²) in [6, 6.07) is 0. The van der Waals surface area contributed by atoms with Crippen molar-refractivity contribution >= 4 is 41.2 Å². The first-order valence-electron chi connectivity index (χ1n) is 24.2. The van der Waals surface area contributed by atoms with Crippen LogP contribution in [0.15, 0.2) is 0 Å². The molecule has 0 amide bonds. The van der Waals surface area contributed by atoms with Crippen molar-refractivity contribution in [3.8, 4) is 0 Å². The molecule has 20 nitrogen and oxygen atoms in total. The molecule has 1 rings (SSSR count). The van der Waals surface area contributed by atoms with E-state index in [0.29, 0.717) is 31.5 Å². The molecule has 0 aromatic carbocycles. The molecule has 1 aliphatic carbocycles. The highest BCUT2D eigenvalue weighted by molar-refractivity contribution is 7.47. The Bertz CT molecular complexity index is 1460. The highest BCUT2D eigenvalue weighted by atomic mass is 31.2. The van der Waals surface area contributed by atoms with Gasteiger partial charge in [-0.3, -0.25) is 32.5 Å². The Balaban J connectivity index is 2.71. The maximum atomic E-state index is 13.1. The number of phosphoric ester groups is 3. The molecule has 0 aromatic rings. The van der Waals surface area contributed by atoms with Crippen LogP contribution >= 0.6 is 23.5 Å². The van der Waals surface area contributed by atoms with E-state index in [0.717, 1.165) is 103 Å². The highest BCUT2D eigenvalue weighted by Crippen LogP contribution is 2.51. The normalized spacial score (nSPS) is 21.6. The quantitative estimate of drug-likeness (QED) is 0.0163. The van der Waals surface area contributed by atoms with Gasteiger partial charge in [-0.15, -0.1) is 0 Å². The van der Waals surface area contributed by atoms with Crippen LogP contribution in [0.2, 0.25) is 0 Å². The molecule has 66 heavy (non-hydrogen) atoms. The van der Waals surface area contributed by atoms with Crippen LogP contribution in [0.25, 0.3) is 0 Å². The number of hydrogen-bond donors (Lipinski definition) is 8. The molecule has 4 unspecified atom stereocenters. The third-order valence-electron chi connectivity index (χ3n) is 11.3. The lowest BCUT2D eigenvalue weighted by Gasteiger charge is -2.44. The summed E-state index contributed by atoms with van der Waals surface area (Å²) in [5.41, 5.74) is 0. The number of Topliss-reactive ketones (excluding diaryl/α,β-unsaturated/α-hetero) is 1. The maximum Gasteiger partial charge on any atom is 0.472 e. The SMILES string of the molecule is CCCCCCCCCCCCCCCC(=O)O[C@H](COC(=O)CCCCCCCCCCCCCC(=O)CCC)COP(=O)(O)OC1C(O)[C@@H](OP(=O)(O)O)C(OP(=O)(O)O)[C@@H](O)[C@H]1O.